The summed E-state index contributed by atoms with van der Waals surface area (Å²) in [4.78, 5) is 11.3. The van der Waals surface area contributed by atoms with E-state index in [9.17, 15) is 18.3 Å². The monoisotopic (exact) mass is 234 g/mol. The Morgan fingerprint density at radius 1 is 1.53 bits per heavy atom. The van der Waals surface area contributed by atoms with Gasteiger partial charge in [0.25, 0.3) is 0 Å². The van der Waals surface area contributed by atoms with Crippen molar-refractivity contribution < 1.29 is 18.3 Å². The Morgan fingerprint density at radius 2 is 2.13 bits per heavy atom. The molecule has 0 saturated carbocycles. The molecule has 1 fully saturated rings. The van der Waals surface area contributed by atoms with Gasteiger partial charge in [0.15, 0.2) is 9.84 Å². The zero-order valence-corrected chi connectivity index (χ0v) is 10.0. The summed E-state index contributed by atoms with van der Waals surface area (Å²) in [7, 11) is -3.14. The summed E-state index contributed by atoms with van der Waals surface area (Å²) < 4.78 is 22.8. The maximum atomic E-state index is 11.4. The van der Waals surface area contributed by atoms with Crippen LogP contribution < -0.4 is 0 Å². The quantitative estimate of drug-likeness (QED) is 0.796. The lowest BCUT2D eigenvalue weighted by molar-refractivity contribution is -0.150. The van der Waals surface area contributed by atoms with E-state index in [1.807, 2.05) is 13.8 Å². The lowest BCUT2D eigenvalue weighted by Gasteiger charge is -2.29. The largest absolute Gasteiger partial charge is 0.481 e. The topological polar surface area (TPSA) is 71.4 Å². The molecule has 0 aromatic heterocycles. The van der Waals surface area contributed by atoms with E-state index in [1.165, 1.54) is 0 Å². The third kappa shape index (κ3) is 2.33. The Balaban J connectivity index is 2.97. The van der Waals surface area contributed by atoms with E-state index in [2.05, 4.69) is 0 Å². The molecule has 0 aromatic carbocycles. The van der Waals surface area contributed by atoms with Crippen LogP contribution >= 0.6 is 0 Å². The van der Waals surface area contributed by atoms with Crippen molar-refractivity contribution in [2.24, 2.45) is 11.3 Å². The molecule has 1 N–H and O–H groups in total. The van der Waals surface area contributed by atoms with Crippen molar-refractivity contribution in [2.75, 3.05) is 11.5 Å². The number of carboxylic acid groups (broad SMARTS) is 1. The predicted molar refractivity (Wildman–Crippen MR) is 57.4 cm³/mol. The minimum atomic E-state index is -3.14. The van der Waals surface area contributed by atoms with Crippen LogP contribution in [0.5, 0.6) is 0 Å². The molecule has 1 aliphatic rings. The second kappa shape index (κ2) is 4.12. The van der Waals surface area contributed by atoms with Gasteiger partial charge in [-0.15, -0.1) is 0 Å². The van der Waals surface area contributed by atoms with E-state index >= 15 is 0 Å². The zero-order chi connectivity index (χ0) is 11.7. The number of sulfone groups is 1. The van der Waals surface area contributed by atoms with Gasteiger partial charge in [-0.1, -0.05) is 20.3 Å². The molecule has 4 nitrogen and oxygen atoms in total. The molecule has 0 spiro atoms. The van der Waals surface area contributed by atoms with Crippen LogP contribution in [0.3, 0.4) is 0 Å². The van der Waals surface area contributed by atoms with Gasteiger partial charge < -0.3 is 5.11 Å². The summed E-state index contributed by atoms with van der Waals surface area (Å²) in [5, 5.41) is 9.23. The molecule has 0 bridgehead atoms. The van der Waals surface area contributed by atoms with Crippen molar-refractivity contribution in [1.29, 1.82) is 0 Å². The Bertz CT molecular complexity index is 346. The van der Waals surface area contributed by atoms with Gasteiger partial charge >= 0.3 is 5.97 Å². The molecular weight excluding hydrogens is 216 g/mol. The fourth-order valence-corrected chi connectivity index (χ4v) is 4.51. The van der Waals surface area contributed by atoms with Crippen LogP contribution in [0, 0.1) is 11.3 Å². The molecule has 0 aromatic rings. The highest BCUT2D eigenvalue weighted by Crippen LogP contribution is 2.41. The van der Waals surface area contributed by atoms with Crippen LogP contribution in [-0.2, 0) is 14.6 Å². The fourth-order valence-electron chi connectivity index (χ4n) is 2.35. The maximum absolute atomic E-state index is 11.4. The first-order chi connectivity index (χ1) is 6.84. The molecule has 15 heavy (non-hydrogen) atoms. The molecule has 0 aliphatic carbocycles. The van der Waals surface area contributed by atoms with E-state index in [0.29, 0.717) is 0 Å². The smallest absolute Gasteiger partial charge is 0.310 e. The zero-order valence-electron chi connectivity index (χ0n) is 9.19. The molecule has 1 heterocycles. The third-order valence-electron chi connectivity index (χ3n) is 3.43. The van der Waals surface area contributed by atoms with Crippen LogP contribution in [0.2, 0.25) is 0 Å². The average Bonchev–Trinajstić information content (AvgIpc) is 2.44. The lowest BCUT2D eigenvalue weighted by Crippen LogP contribution is -2.38. The Hall–Kier alpha value is -0.580. The maximum Gasteiger partial charge on any atom is 0.310 e. The minimum absolute atomic E-state index is 0.0212. The molecule has 88 valence electrons. The van der Waals surface area contributed by atoms with Gasteiger partial charge in [0.1, 0.15) is 0 Å². The standard InChI is InChI=1S/C10H18O4S/c1-3-4-8(2)10(9(11)12)5-6-15(13,14)7-10/h8H,3-7H2,1-2H3,(H,11,12). The molecule has 5 heteroatoms. The van der Waals surface area contributed by atoms with Crippen molar-refractivity contribution in [3.05, 3.63) is 0 Å². The van der Waals surface area contributed by atoms with Gasteiger partial charge in [0.05, 0.1) is 16.9 Å². The lowest BCUT2D eigenvalue weighted by atomic mass is 9.74. The number of rotatable bonds is 4. The first kappa shape index (κ1) is 12.5. The Morgan fingerprint density at radius 3 is 2.47 bits per heavy atom. The van der Waals surface area contributed by atoms with Crippen LogP contribution in [0.1, 0.15) is 33.1 Å². The number of aliphatic carboxylic acids is 1. The second-order valence-corrected chi connectivity index (χ2v) is 6.68. The third-order valence-corrected chi connectivity index (χ3v) is 5.21. The first-order valence-electron chi connectivity index (χ1n) is 5.28. The average molecular weight is 234 g/mol. The summed E-state index contributed by atoms with van der Waals surface area (Å²) in [5.41, 5.74) is -1.03. The van der Waals surface area contributed by atoms with Crippen molar-refractivity contribution in [3.63, 3.8) is 0 Å². The molecule has 2 atom stereocenters. The molecule has 1 saturated heterocycles. The molecule has 2 unspecified atom stereocenters. The summed E-state index contributed by atoms with van der Waals surface area (Å²) >= 11 is 0. The van der Waals surface area contributed by atoms with Crippen LogP contribution in [0.15, 0.2) is 0 Å². The second-order valence-electron chi connectivity index (χ2n) is 4.49. The highest BCUT2D eigenvalue weighted by molar-refractivity contribution is 7.91. The molecule has 0 radical (unpaired) electrons. The van der Waals surface area contributed by atoms with Gasteiger partial charge in [0.2, 0.25) is 0 Å². The first-order valence-corrected chi connectivity index (χ1v) is 7.10. The number of hydrogen-bond acceptors (Lipinski definition) is 3. The van der Waals surface area contributed by atoms with Gasteiger partial charge in [-0.2, -0.15) is 0 Å². The van der Waals surface area contributed by atoms with Gasteiger partial charge in [-0.05, 0) is 18.8 Å². The van der Waals surface area contributed by atoms with Crippen molar-refractivity contribution in [3.8, 4) is 0 Å². The van der Waals surface area contributed by atoms with E-state index in [-0.39, 0.29) is 23.8 Å². The van der Waals surface area contributed by atoms with Crippen molar-refractivity contribution >= 4 is 15.8 Å². The van der Waals surface area contributed by atoms with Crippen LogP contribution in [0.4, 0.5) is 0 Å². The number of carbonyl (C=O) groups is 1. The van der Waals surface area contributed by atoms with E-state index in [0.717, 1.165) is 12.8 Å². The summed E-state index contributed by atoms with van der Waals surface area (Å²) in [6.45, 7) is 3.83. The molecular formula is C10H18O4S. The molecule has 0 amide bonds. The molecule has 1 aliphatic heterocycles. The minimum Gasteiger partial charge on any atom is -0.481 e. The highest BCUT2D eigenvalue weighted by Gasteiger charge is 2.51. The van der Waals surface area contributed by atoms with Gasteiger partial charge in [-0.25, -0.2) is 8.42 Å². The fraction of sp³-hybridized carbons (Fsp3) is 0.900. The Kier molecular flexibility index (Phi) is 3.43. The van der Waals surface area contributed by atoms with E-state index in [4.69, 9.17) is 0 Å². The normalized spacial score (nSPS) is 31.3. The highest BCUT2D eigenvalue weighted by atomic mass is 32.2. The summed E-state index contributed by atoms with van der Waals surface area (Å²) in [6, 6.07) is 0. The van der Waals surface area contributed by atoms with Crippen molar-refractivity contribution in [1.82, 2.24) is 0 Å². The molecule has 1 rings (SSSR count). The Labute approximate surface area is 90.6 Å². The van der Waals surface area contributed by atoms with Crippen LogP contribution in [0.25, 0.3) is 0 Å². The number of hydrogen-bond donors (Lipinski definition) is 1. The van der Waals surface area contributed by atoms with Gasteiger partial charge in [-0.3, -0.25) is 4.79 Å². The number of carboxylic acids is 1. The van der Waals surface area contributed by atoms with Gasteiger partial charge in [0, 0.05) is 0 Å². The van der Waals surface area contributed by atoms with E-state index < -0.39 is 21.2 Å². The summed E-state index contributed by atoms with van der Waals surface area (Å²) in [6.07, 6.45) is 1.92. The SMILES string of the molecule is CCCC(C)C1(C(=O)O)CCS(=O)(=O)C1. The summed E-state index contributed by atoms with van der Waals surface area (Å²) in [5.74, 6) is -1.19. The van der Waals surface area contributed by atoms with E-state index in [1.54, 1.807) is 0 Å². The van der Waals surface area contributed by atoms with Crippen LogP contribution in [-0.4, -0.2) is 31.0 Å². The predicted octanol–water partition coefficient (Wildman–Crippen LogP) is 1.31. The van der Waals surface area contributed by atoms with Crippen molar-refractivity contribution in [2.45, 2.75) is 33.1 Å².